The maximum Gasteiger partial charge on any atom is 0.222 e. The van der Waals surface area contributed by atoms with Gasteiger partial charge in [0.1, 0.15) is 0 Å². The number of primary amides is 1. The topological polar surface area (TPSA) is 55.1 Å². The lowest BCUT2D eigenvalue weighted by atomic mass is 9.72. The number of hydrogen-bond donors (Lipinski definition) is 2. The van der Waals surface area contributed by atoms with Gasteiger partial charge in [0, 0.05) is 13.1 Å². The molecule has 3 nitrogen and oxygen atoms in total. The Kier molecular flexibility index (Phi) is 3.01. The lowest BCUT2D eigenvalue weighted by molar-refractivity contribution is -0.124. The zero-order valence-electron chi connectivity index (χ0n) is 9.59. The highest BCUT2D eigenvalue weighted by atomic mass is 16.1. The minimum Gasteiger partial charge on any atom is -0.369 e. The van der Waals surface area contributed by atoms with E-state index in [1.165, 1.54) is 32.1 Å². The van der Waals surface area contributed by atoms with E-state index in [0.29, 0.717) is 0 Å². The highest BCUT2D eigenvalue weighted by molar-refractivity contribution is 5.78. The minimum absolute atomic E-state index is 0.0720. The van der Waals surface area contributed by atoms with E-state index in [1.54, 1.807) is 0 Å². The fourth-order valence-corrected chi connectivity index (χ4v) is 3.34. The van der Waals surface area contributed by atoms with Crippen molar-refractivity contribution in [2.75, 3.05) is 13.1 Å². The van der Waals surface area contributed by atoms with E-state index < -0.39 is 0 Å². The number of rotatable bonds is 1. The Morgan fingerprint density at radius 1 is 1.40 bits per heavy atom. The molecule has 0 radical (unpaired) electrons. The standard InChI is InChI=1S/C12H22N2O/c1-9-3-2-5-12(6-4-9)8-14-7-10(12)11(13)15/h9-10,14H,2-8H2,1H3,(H2,13,15). The molecule has 1 aliphatic heterocycles. The van der Waals surface area contributed by atoms with E-state index >= 15 is 0 Å². The van der Waals surface area contributed by atoms with Crippen LogP contribution in [0.5, 0.6) is 0 Å². The van der Waals surface area contributed by atoms with Gasteiger partial charge in [-0.3, -0.25) is 4.79 Å². The molecule has 0 aromatic heterocycles. The predicted octanol–water partition coefficient (Wildman–Crippen LogP) is 1.28. The van der Waals surface area contributed by atoms with Crippen LogP contribution in [0.4, 0.5) is 0 Å². The van der Waals surface area contributed by atoms with Gasteiger partial charge >= 0.3 is 0 Å². The van der Waals surface area contributed by atoms with Crippen molar-refractivity contribution in [3.8, 4) is 0 Å². The van der Waals surface area contributed by atoms with Crippen LogP contribution in [-0.2, 0) is 4.79 Å². The van der Waals surface area contributed by atoms with E-state index in [4.69, 9.17) is 5.73 Å². The molecule has 3 atom stereocenters. The molecule has 2 fully saturated rings. The van der Waals surface area contributed by atoms with E-state index in [9.17, 15) is 4.79 Å². The van der Waals surface area contributed by atoms with Gasteiger partial charge in [-0.1, -0.05) is 26.2 Å². The van der Waals surface area contributed by atoms with Crippen LogP contribution in [0.15, 0.2) is 0 Å². The second-order valence-corrected chi connectivity index (χ2v) is 5.48. The van der Waals surface area contributed by atoms with Gasteiger partial charge in [0.2, 0.25) is 5.91 Å². The summed E-state index contributed by atoms with van der Waals surface area (Å²) < 4.78 is 0. The maximum absolute atomic E-state index is 11.5. The van der Waals surface area contributed by atoms with Crippen molar-refractivity contribution in [2.45, 2.75) is 39.0 Å². The number of nitrogens with two attached hydrogens (primary N) is 1. The Labute approximate surface area is 91.8 Å². The van der Waals surface area contributed by atoms with E-state index in [0.717, 1.165) is 19.0 Å². The third kappa shape index (κ3) is 2.03. The average Bonchev–Trinajstić information content (AvgIpc) is 2.50. The smallest absolute Gasteiger partial charge is 0.222 e. The largest absolute Gasteiger partial charge is 0.369 e. The summed E-state index contributed by atoms with van der Waals surface area (Å²) in [5.41, 5.74) is 5.70. The van der Waals surface area contributed by atoms with Crippen LogP contribution in [0.25, 0.3) is 0 Å². The van der Waals surface area contributed by atoms with Gasteiger partial charge in [0.25, 0.3) is 0 Å². The molecular formula is C12H22N2O. The Morgan fingerprint density at radius 3 is 2.93 bits per heavy atom. The Bertz CT molecular complexity index is 254. The number of carbonyl (C=O) groups excluding carboxylic acids is 1. The fraction of sp³-hybridized carbons (Fsp3) is 0.917. The molecule has 2 aliphatic rings. The molecule has 1 spiro atoms. The van der Waals surface area contributed by atoms with Gasteiger partial charge in [-0.15, -0.1) is 0 Å². The highest BCUT2D eigenvalue weighted by Gasteiger charge is 2.45. The van der Waals surface area contributed by atoms with Crippen LogP contribution in [0.1, 0.15) is 39.0 Å². The molecule has 1 amide bonds. The molecule has 0 aromatic rings. The molecule has 3 heteroatoms. The predicted molar refractivity (Wildman–Crippen MR) is 60.2 cm³/mol. The Hall–Kier alpha value is -0.570. The lowest BCUT2D eigenvalue weighted by Crippen LogP contribution is -2.38. The molecule has 1 heterocycles. The van der Waals surface area contributed by atoms with E-state index in [1.807, 2.05) is 0 Å². The van der Waals surface area contributed by atoms with E-state index in [2.05, 4.69) is 12.2 Å². The molecular weight excluding hydrogens is 188 g/mol. The van der Waals surface area contributed by atoms with Crippen molar-refractivity contribution in [2.24, 2.45) is 23.0 Å². The van der Waals surface area contributed by atoms with Gasteiger partial charge in [0.15, 0.2) is 0 Å². The normalized spacial score (nSPS) is 41.7. The zero-order chi connectivity index (χ0) is 10.9. The molecule has 3 unspecified atom stereocenters. The number of carbonyl (C=O) groups is 1. The first-order valence-corrected chi connectivity index (χ1v) is 6.14. The summed E-state index contributed by atoms with van der Waals surface area (Å²) in [6.07, 6.45) is 6.18. The highest BCUT2D eigenvalue weighted by Crippen LogP contribution is 2.44. The van der Waals surface area contributed by atoms with Crippen LogP contribution < -0.4 is 11.1 Å². The van der Waals surface area contributed by atoms with Gasteiger partial charge in [0.05, 0.1) is 5.92 Å². The van der Waals surface area contributed by atoms with Crippen molar-refractivity contribution >= 4 is 5.91 Å². The molecule has 3 N–H and O–H groups in total. The first kappa shape index (κ1) is 10.9. The summed E-state index contributed by atoms with van der Waals surface area (Å²) in [5.74, 6) is 0.788. The Balaban J connectivity index is 2.13. The minimum atomic E-state index is -0.102. The molecule has 86 valence electrons. The van der Waals surface area contributed by atoms with Crippen molar-refractivity contribution < 1.29 is 4.79 Å². The second-order valence-electron chi connectivity index (χ2n) is 5.48. The average molecular weight is 210 g/mol. The summed E-state index contributed by atoms with van der Waals surface area (Å²) in [4.78, 5) is 11.5. The maximum atomic E-state index is 11.5. The number of amides is 1. The fourth-order valence-electron chi connectivity index (χ4n) is 3.34. The lowest BCUT2D eigenvalue weighted by Gasteiger charge is -2.31. The van der Waals surface area contributed by atoms with Gasteiger partial charge in [-0.05, 0) is 24.2 Å². The van der Waals surface area contributed by atoms with Crippen LogP contribution >= 0.6 is 0 Å². The molecule has 1 saturated heterocycles. The summed E-state index contributed by atoms with van der Waals surface area (Å²) in [7, 11) is 0. The SMILES string of the molecule is CC1CCCC2(CC1)CNCC2C(N)=O. The van der Waals surface area contributed by atoms with Gasteiger partial charge in [-0.25, -0.2) is 0 Å². The first-order valence-electron chi connectivity index (χ1n) is 6.14. The number of nitrogens with one attached hydrogen (secondary N) is 1. The first-order chi connectivity index (χ1) is 7.14. The summed E-state index contributed by atoms with van der Waals surface area (Å²) in [6, 6.07) is 0. The quantitative estimate of drug-likeness (QED) is 0.685. The molecule has 0 aromatic carbocycles. The van der Waals surface area contributed by atoms with Gasteiger partial charge < -0.3 is 11.1 Å². The van der Waals surface area contributed by atoms with Crippen molar-refractivity contribution in [3.63, 3.8) is 0 Å². The van der Waals surface area contributed by atoms with Crippen LogP contribution in [0.2, 0.25) is 0 Å². The zero-order valence-corrected chi connectivity index (χ0v) is 9.59. The van der Waals surface area contributed by atoms with Crippen LogP contribution in [0.3, 0.4) is 0 Å². The third-order valence-corrected chi connectivity index (χ3v) is 4.41. The van der Waals surface area contributed by atoms with Crippen LogP contribution in [0, 0.1) is 17.3 Å². The molecule has 2 rings (SSSR count). The van der Waals surface area contributed by atoms with Crippen molar-refractivity contribution in [3.05, 3.63) is 0 Å². The Morgan fingerprint density at radius 2 is 2.20 bits per heavy atom. The van der Waals surface area contributed by atoms with E-state index in [-0.39, 0.29) is 17.2 Å². The monoisotopic (exact) mass is 210 g/mol. The summed E-state index contributed by atoms with van der Waals surface area (Å²) >= 11 is 0. The molecule has 1 saturated carbocycles. The van der Waals surface area contributed by atoms with Crippen LogP contribution in [-0.4, -0.2) is 19.0 Å². The summed E-state index contributed by atoms with van der Waals surface area (Å²) in [6.45, 7) is 4.11. The second kappa shape index (κ2) is 4.12. The van der Waals surface area contributed by atoms with Crippen molar-refractivity contribution in [1.29, 1.82) is 0 Å². The molecule has 0 bridgehead atoms. The van der Waals surface area contributed by atoms with Gasteiger partial charge in [-0.2, -0.15) is 0 Å². The molecule has 1 aliphatic carbocycles. The number of hydrogen-bond acceptors (Lipinski definition) is 2. The third-order valence-electron chi connectivity index (χ3n) is 4.41. The van der Waals surface area contributed by atoms with Crippen molar-refractivity contribution in [1.82, 2.24) is 5.32 Å². The summed E-state index contributed by atoms with van der Waals surface area (Å²) in [5, 5.41) is 3.36. The molecule has 15 heavy (non-hydrogen) atoms.